The summed E-state index contributed by atoms with van der Waals surface area (Å²) in [6.45, 7) is 8.51. The lowest BCUT2D eigenvalue weighted by molar-refractivity contribution is 1.25. The Balaban J connectivity index is 1.88. The van der Waals surface area contributed by atoms with Gasteiger partial charge in [0.15, 0.2) is 5.13 Å². The first-order valence-corrected chi connectivity index (χ1v) is 8.14. The van der Waals surface area contributed by atoms with Crippen LogP contribution in [0.15, 0.2) is 35.8 Å². The molecule has 0 aliphatic heterocycles. The molecule has 0 atom stereocenters. The zero-order valence-electron chi connectivity index (χ0n) is 13.3. The highest BCUT2D eigenvalue weighted by Crippen LogP contribution is 2.29. The van der Waals surface area contributed by atoms with Crippen LogP contribution in [0.3, 0.4) is 0 Å². The van der Waals surface area contributed by atoms with Crippen molar-refractivity contribution >= 4 is 22.3 Å². The van der Waals surface area contributed by atoms with Crippen LogP contribution in [0.25, 0.3) is 11.3 Å². The minimum absolute atomic E-state index is 0.831. The Bertz CT molecular complexity index is 798. The van der Waals surface area contributed by atoms with Crippen molar-refractivity contribution in [1.29, 1.82) is 0 Å². The third-order valence-corrected chi connectivity index (χ3v) is 4.64. The molecule has 0 aliphatic carbocycles. The van der Waals surface area contributed by atoms with Crippen LogP contribution in [-0.4, -0.2) is 9.97 Å². The number of hydrogen-bond donors (Lipinski definition) is 1. The van der Waals surface area contributed by atoms with E-state index < -0.39 is 0 Å². The summed E-state index contributed by atoms with van der Waals surface area (Å²) in [6.07, 6.45) is 1.80. The molecule has 3 nitrogen and oxygen atoms in total. The van der Waals surface area contributed by atoms with E-state index in [-0.39, 0.29) is 0 Å². The maximum Gasteiger partial charge on any atom is 0.188 e. The van der Waals surface area contributed by atoms with Crippen LogP contribution in [0, 0.1) is 27.7 Å². The summed E-state index contributed by atoms with van der Waals surface area (Å²) < 4.78 is 0. The Morgan fingerprint density at radius 1 is 1.00 bits per heavy atom. The number of pyridine rings is 1. The molecule has 4 heteroatoms. The summed E-state index contributed by atoms with van der Waals surface area (Å²) in [6, 6.07) is 8.40. The molecule has 2 aromatic heterocycles. The van der Waals surface area contributed by atoms with Crippen LogP contribution in [0.2, 0.25) is 0 Å². The number of rotatable bonds is 3. The summed E-state index contributed by atoms with van der Waals surface area (Å²) in [5.74, 6) is 0.831. The first kappa shape index (κ1) is 14.7. The molecule has 0 bridgehead atoms. The average molecular weight is 309 g/mol. The molecule has 3 rings (SSSR count). The lowest BCUT2D eigenvalue weighted by atomic mass is 9.99. The van der Waals surface area contributed by atoms with Crippen molar-refractivity contribution in [3.63, 3.8) is 0 Å². The quantitative estimate of drug-likeness (QED) is 0.724. The predicted molar refractivity (Wildman–Crippen MR) is 94.0 cm³/mol. The second kappa shape index (κ2) is 5.89. The second-order valence-electron chi connectivity index (χ2n) is 5.62. The number of thiazole rings is 1. The van der Waals surface area contributed by atoms with Gasteiger partial charge in [-0.05, 0) is 74.2 Å². The molecule has 0 unspecified atom stereocenters. The Labute approximate surface area is 135 Å². The van der Waals surface area contributed by atoms with Gasteiger partial charge in [0.1, 0.15) is 5.82 Å². The monoisotopic (exact) mass is 309 g/mol. The van der Waals surface area contributed by atoms with E-state index in [2.05, 4.69) is 60.5 Å². The van der Waals surface area contributed by atoms with Gasteiger partial charge in [-0.3, -0.25) is 0 Å². The minimum Gasteiger partial charge on any atom is -0.316 e. The molecular weight excluding hydrogens is 290 g/mol. The molecule has 0 saturated carbocycles. The molecule has 2 heterocycles. The van der Waals surface area contributed by atoms with Gasteiger partial charge >= 0.3 is 0 Å². The van der Waals surface area contributed by atoms with Crippen molar-refractivity contribution in [1.82, 2.24) is 9.97 Å². The molecule has 0 spiro atoms. The highest BCUT2D eigenvalue weighted by Gasteiger charge is 2.08. The fourth-order valence-corrected chi connectivity index (χ4v) is 3.09. The molecule has 1 aromatic carbocycles. The predicted octanol–water partition coefficient (Wildman–Crippen LogP) is 5.18. The molecule has 0 saturated heterocycles. The van der Waals surface area contributed by atoms with Crippen LogP contribution in [0.1, 0.15) is 22.3 Å². The molecule has 3 aromatic rings. The lowest BCUT2D eigenvalue weighted by Crippen LogP contribution is -1.93. The number of nitrogens with one attached hydrogen (secondary N) is 1. The van der Waals surface area contributed by atoms with Crippen molar-refractivity contribution in [2.75, 3.05) is 5.32 Å². The third kappa shape index (κ3) is 3.02. The number of aromatic nitrogens is 2. The van der Waals surface area contributed by atoms with Crippen LogP contribution in [0.4, 0.5) is 10.9 Å². The summed E-state index contributed by atoms with van der Waals surface area (Å²) in [4.78, 5) is 9.00. The molecule has 1 N–H and O–H groups in total. The molecule has 0 fully saturated rings. The fraction of sp³-hybridized carbons (Fsp3) is 0.222. The van der Waals surface area contributed by atoms with Gasteiger partial charge in [-0.15, -0.1) is 11.3 Å². The SMILES string of the molecule is Cc1ccnc(Nc2nc(-c3cc(C)c(C)c(C)c3)cs2)c1. The maximum atomic E-state index is 4.68. The number of hydrogen-bond acceptors (Lipinski definition) is 4. The van der Waals surface area contributed by atoms with E-state index in [1.165, 1.54) is 27.8 Å². The zero-order chi connectivity index (χ0) is 15.7. The van der Waals surface area contributed by atoms with Gasteiger partial charge in [0.2, 0.25) is 0 Å². The summed E-state index contributed by atoms with van der Waals surface area (Å²) in [5, 5.41) is 6.22. The van der Waals surface area contributed by atoms with Crippen molar-refractivity contribution in [2.45, 2.75) is 27.7 Å². The van der Waals surface area contributed by atoms with Crippen molar-refractivity contribution in [3.05, 3.63) is 58.1 Å². The highest BCUT2D eigenvalue weighted by molar-refractivity contribution is 7.14. The average Bonchev–Trinajstić information content (AvgIpc) is 2.93. The molecule has 0 amide bonds. The zero-order valence-corrected chi connectivity index (χ0v) is 14.1. The molecule has 112 valence electrons. The van der Waals surface area contributed by atoms with E-state index in [4.69, 9.17) is 0 Å². The minimum atomic E-state index is 0.831. The number of aryl methyl sites for hydroxylation is 3. The third-order valence-electron chi connectivity index (χ3n) is 3.88. The highest BCUT2D eigenvalue weighted by atomic mass is 32.1. The topological polar surface area (TPSA) is 37.8 Å². The Morgan fingerprint density at radius 2 is 1.73 bits per heavy atom. The van der Waals surface area contributed by atoms with E-state index in [1.807, 2.05) is 12.1 Å². The molecule has 0 aliphatic rings. The Hall–Kier alpha value is -2.20. The standard InChI is InChI=1S/C18H19N3S/c1-11-5-6-19-17(7-11)21-18-20-16(10-22-18)15-8-12(2)14(4)13(3)9-15/h5-10H,1-4H3,(H,19,20,21). The van der Waals surface area contributed by atoms with Gasteiger partial charge in [0.25, 0.3) is 0 Å². The van der Waals surface area contributed by atoms with Gasteiger partial charge in [-0.2, -0.15) is 0 Å². The largest absolute Gasteiger partial charge is 0.316 e. The van der Waals surface area contributed by atoms with E-state index in [1.54, 1.807) is 17.5 Å². The van der Waals surface area contributed by atoms with Crippen molar-refractivity contribution in [2.24, 2.45) is 0 Å². The van der Waals surface area contributed by atoms with Gasteiger partial charge < -0.3 is 5.32 Å². The van der Waals surface area contributed by atoms with Crippen LogP contribution >= 0.6 is 11.3 Å². The summed E-state index contributed by atoms with van der Waals surface area (Å²) in [5.41, 5.74) is 7.31. The van der Waals surface area contributed by atoms with Crippen LogP contribution in [0.5, 0.6) is 0 Å². The first-order chi connectivity index (χ1) is 10.5. The molecule has 22 heavy (non-hydrogen) atoms. The van der Waals surface area contributed by atoms with E-state index in [9.17, 15) is 0 Å². The molecular formula is C18H19N3S. The van der Waals surface area contributed by atoms with Crippen molar-refractivity contribution in [3.8, 4) is 11.3 Å². The Morgan fingerprint density at radius 3 is 2.41 bits per heavy atom. The van der Waals surface area contributed by atoms with Gasteiger partial charge in [-0.1, -0.05) is 0 Å². The smallest absolute Gasteiger partial charge is 0.188 e. The van der Waals surface area contributed by atoms with E-state index in [0.717, 1.165) is 16.6 Å². The second-order valence-corrected chi connectivity index (χ2v) is 6.47. The van der Waals surface area contributed by atoms with E-state index >= 15 is 0 Å². The normalized spacial score (nSPS) is 10.7. The first-order valence-electron chi connectivity index (χ1n) is 7.26. The van der Waals surface area contributed by atoms with Gasteiger partial charge in [0, 0.05) is 17.1 Å². The lowest BCUT2D eigenvalue weighted by Gasteiger charge is -2.07. The maximum absolute atomic E-state index is 4.68. The van der Waals surface area contributed by atoms with Gasteiger partial charge in [-0.25, -0.2) is 9.97 Å². The summed E-state index contributed by atoms with van der Waals surface area (Å²) >= 11 is 1.60. The number of nitrogens with zero attached hydrogens (tertiary/aromatic N) is 2. The van der Waals surface area contributed by atoms with Crippen LogP contribution < -0.4 is 5.32 Å². The fourth-order valence-electron chi connectivity index (χ4n) is 2.36. The molecule has 0 radical (unpaired) electrons. The van der Waals surface area contributed by atoms with E-state index in [0.29, 0.717) is 0 Å². The summed E-state index contributed by atoms with van der Waals surface area (Å²) in [7, 11) is 0. The van der Waals surface area contributed by atoms with Crippen molar-refractivity contribution < 1.29 is 0 Å². The number of anilines is 2. The number of benzene rings is 1. The van der Waals surface area contributed by atoms with Crippen LogP contribution in [-0.2, 0) is 0 Å². The van der Waals surface area contributed by atoms with Gasteiger partial charge in [0.05, 0.1) is 5.69 Å². The Kier molecular flexibility index (Phi) is 3.94.